The van der Waals surface area contributed by atoms with Crippen LogP contribution in [0.4, 0.5) is 13.2 Å². The van der Waals surface area contributed by atoms with Crippen molar-refractivity contribution in [2.24, 2.45) is 0 Å². The Morgan fingerprint density at radius 3 is 2.55 bits per heavy atom. The maximum atomic E-state index is 13.2. The summed E-state index contributed by atoms with van der Waals surface area (Å²) in [5, 5.41) is 0. The number of ether oxygens (including phenoxy) is 1. The highest BCUT2D eigenvalue weighted by atomic mass is 35.5. The molecule has 1 heterocycles. The molecule has 0 aliphatic carbocycles. The summed E-state index contributed by atoms with van der Waals surface area (Å²) in [6.07, 6.45) is -1.60. The molecule has 0 aliphatic heterocycles. The van der Waals surface area contributed by atoms with Gasteiger partial charge in [0, 0.05) is 23.8 Å². The lowest BCUT2D eigenvalue weighted by Gasteiger charge is -2.16. The number of methoxy groups -OCH3 is 1. The van der Waals surface area contributed by atoms with Gasteiger partial charge in [-0.1, -0.05) is 6.07 Å². The van der Waals surface area contributed by atoms with Crippen LogP contribution >= 0.6 is 11.6 Å². The molecule has 106 valence electrons. The number of pyridine rings is 1. The summed E-state index contributed by atoms with van der Waals surface area (Å²) in [6, 6.07) is 5.43. The van der Waals surface area contributed by atoms with E-state index in [4.69, 9.17) is 16.3 Å². The van der Waals surface area contributed by atoms with E-state index in [1.54, 1.807) is 6.07 Å². The maximum Gasteiger partial charge on any atom is 0.417 e. The van der Waals surface area contributed by atoms with Crippen molar-refractivity contribution in [2.75, 3.05) is 7.11 Å². The highest BCUT2D eigenvalue weighted by Gasteiger charge is 2.34. The standard InChI is InChI=1S/C14H11ClF3NO/c1-20-10-2-3-11(13(6-10)14(16,17)18)12-8-19-5-4-9(12)7-15/h2-6,8H,7H2,1H3. The summed E-state index contributed by atoms with van der Waals surface area (Å²) < 4.78 is 44.4. The van der Waals surface area contributed by atoms with E-state index >= 15 is 0 Å². The minimum atomic E-state index is -4.48. The molecule has 0 saturated heterocycles. The number of hydrogen-bond acceptors (Lipinski definition) is 2. The van der Waals surface area contributed by atoms with E-state index in [0.717, 1.165) is 6.07 Å². The molecule has 0 N–H and O–H groups in total. The molecular formula is C14H11ClF3NO. The largest absolute Gasteiger partial charge is 0.497 e. The molecule has 0 spiro atoms. The summed E-state index contributed by atoms with van der Waals surface area (Å²) in [5.41, 5.74) is 0.244. The van der Waals surface area contributed by atoms with Crippen molar-refractivity contribution in [1.82, 2.24) is 4.98 Å². The van der Waals surface area contributed by atoms with E-state index in [2.05, 4.69) is 4.98 Å². The van der Waals surface area contributed by atoms with Crippen LogP contribution in [-0.2, 0) is 12.1 Å². The molecule has 1 aromatic carbocycles. The molecule has 2 aromatic rings. The summed E-state index contributed by atoms with van der Waals surface area (Å²) >= 11 is 5.77. The first kappa shape index (κ1) is 14.7. The molecule has 0 aliphatic rings. The number of aromatic nitrogens is 1. The second-order valence-corrected chi connectivity index (χ2v) is 4.34. The molecule has 0 fully saturated rings. The van der Waals surface area contributed by atoms with Crippen LogP contribution in [0.3, 0.4) is 0 Å². The van der Waals surface area contributed by atoms with Crippen molar-refractivity contribution in [3.8, 4) is 16.9 Å². The van der Waals surface area contributed by atoms with Crippen LogP contribution in [0.2, 0.25) is 0 Å². The summed E-state index contributed by atoms with van der Waals surface area (Å²) in [4.78, 5) is 3.88. The monoisotopic (exact) mass is 301 g/mol. The van der Waals surface area contributed by atoms with Crippen LogP contribution < -0.4 is 4.74 Å². The zero-order valence-corrected chi connectivity index (χ0v) is 11.3. The first-order chi connectivity index (χ1) is 9.47. The molecule has 2 nitrogen and oxygen atoms in total. The van der Waals surface area contributed by atoms with E-state index in [1.807, 2.05) is 0 Å². The number of halogens is 4. The van der Waals surface area contributed by atoms with E-state index in [-0.39, 0.29) is 17.2 Å². The highest BCUT2D eigenvalue weighted by molar-refractivity contribution is 6.17. The van der Waals surface area contributed by atoms with Crippen molar-refractivity contribution in [1.29, 1.82) is 0 Å². The van der Waals surface area contributed by atoms with E-state index in [9.17, 15) is 13.2 Å². The lowest BCUT2D eigenvalue weighted by Crippen LogP contribution is -2.08. The molecular weight excluding hydrogens is 291 g/mol. The zero-order chi connectivity index (χ0) is 14.8. The Balaban J connectivity index is 2.67. The number of nitrogens with zero attached hydrogens (tertiary/aromatic N) is 1. The topological polar surface area (TPSA) is 22.1 Å². The fourth-order valence-electron chi connectivity index (χ4n) is 1.90. The Labute approximate surface area is 119 Å². The van der Waals surface area contributed by atoms with Gasteiger partial charge in [0.15, 0.2) is 0 Å². The SMILES string of the molecule is COc1ccc(-c2cnccc2CCl)c(C(F)(F)F)c1. The third-order valence-corrected chi connectivity index (χ3v) is 3.17. The quantitative estimate of drug-likeness (QED) is 0.778. The lowest BCUT2D eigenvalue weighted by atomic mass is 9.97. The second kappa shape index (κ2) is 5.71. The van der Waals surface area contributed by atoms with Crippen molar-refractivity contribution >= 4 is 11.6 Å². The van der Waals surface area contributed by atoms with Gasteiger partial charge in [-0.05, 0) is 29.3 Å². The molecule has 0 bridgehead atoms. The van der Waals surface area contributed by atoms with Gasteiger partial charge in [0.2, 0.25) is 0 Å². The number of benzene rings is 1. The predicted octanol–water partition coefficient (Wildman–Crippen LogP) is 4.51. The van der Waals surface area contributed by atoms with Gasteiger partial charge in [0.05, 0.1) is 12.7 Å². The van der Waals surface area contributed by atoms with Crippen molar-refractivity contribution < 1.29 is 17.9 Å². The summed E-state index contributed by atoms with van der Waals surface area (Å²) in [5.74, 6) is 0.263. The number of rotatable bonds is 3. The second-order valence-electron chi connectivity index (χ2n) is 4.08. The normalized spacial score (nSPS) is 11.4. The Hall–Kier alpha value is -1.75. The third-order valence-electron chi connectivity index (χ3n) is 2.88. The molecule has 0 saturated carbocycles. The molecule has 0 atom stereocenters. The van der Waals surface area contributed by atoms with Crippen molar-refractivity contribution in [2.45, 2.75) is 12.1 Å². The van der Waals surface area contributed by atoms with Gasteiger partial charge in [-0.15, -0.1) is 11.6 Å². The van der Waals surface area contributed by atoms with Gasteiger partial charge in [-0.2, -0.15) is 13.2 Å². The first-order valence-electron chi connectivity index (χ1n) is 5.72. The molecule has 2 rings (SSSR count). The first-order valence-corrected chi connectivity index (χ1v) is 6.25. The number of alkyl halides is 4. The van der Waals surface area contributed by atoms with Crippen molar-refractivity contribution in [3.05, 3.63) is 47.8 Å². The van der Waals surface area contributed by atoms with E-state index < -0.39 is 11.7 Å². The van der Waals surface area contributed by atoms with E-state index in [1.165, 1.54) is 31.6 Å². The van der Waals surface area contributed by atoms with Gasteiger partial charge < -0.3 is 4.74 Å². The van der Waals surface area contributed by atoms with Gasteiger partial charge >= 0.3 is 6.18 Å². The van der Waals surface area contributed by atoms with E-state index in [0.29, 0.717) is 11.1 Å². The van der Waals surface area contributed by atoms with Gasteiger partial charge in [0.1, 0.15) is 5.75 Å². The molecule has 20 heavy (non-hydrogen) atoms. The minimum absolute atomic E-state index is 0.0436. The van der Waals surface area contributed by atoms with Crippen LogP contribution in [0.5, 0.6) is 5.75 Å². The molecule has 0 amide bonds. The summed E-state index contributed by atoms with van der Waals surface area (Å²) in [7, 11) is 1.32. The van der Waals surface area contributed by atoms with Gasteiger partial charge in [-0.25, -0.2) is 0 Å². The average molecular weight is 302 g/mol. The fraction of sp³-hybridized carbons (Fsp3) is 0.214. The third kappa shape index (κ3) is 2.88. The van der Waals surface area contributed by atoms with Crippen LogP contribution in [0, 0.1) is 0 Å². The molecule has 6 heteroatoms. The Bertz CT molecular complexity index is 614. The molecule has 1 aromatic heterocycles. The minimum Gasteiger partial charge on any atom is -0.497 e. The average Bonchev–Trinajstić information content (AvgIpc) is 2.45. The summed E-state index contributed by atoms with van der Waals surface area (Å²) in [6.45, 7) is 0. The lowest BCUT2D eigenvalue weighted by molar-refractivity contribution is -0.137. The van der Waals surface area contributed by atoms with Gasteiger partial charge in [-0.3, -0.25) is 4.98 Å². The number of hydrogen-bond donors (Lipinski definition) is 0. The van der Waals surface area contributed by atoms with Crippen LogP contribution in [-0.4, -0.2) is 12.1 Å². The Kier molecular flexibility index (Phi) is 4.18. The smallest absolute Gasteiger partial charge is 0.417 e. The Morgan fingerprint density at radius 1 is 1.20 bits per heavy atom. The maximum absolute atomic E-state index is 13.2. The molecule has 0 radical (unpaired) electrons. The van der Waals surface area contributed by atoms with Crippen LogP contribution in [0.15, 0.2) is 36.7 Å². The Morgan fingerprint density at radius 2 is 1.95 bits per heavy atom. The highest BCUT2D eigenvalue weighted by Crippen LogP contribution is 2.40. The van der Waals surface area contributed by atoms with Gasteiger partial charge in [0.25, 0.3) is 0 Å². The zero-order valence-electron chi connectivity index (χ0n) is 10.5. The fourth-order valence-corrected chi connectivity index (χ4v) is 2.14. The van der Waals surface area contributed by atoms with Crippen LogP contribution in [0.25, 0.3) is 11.1 Å². The molecule has 0 unspecified atom stereocenters. The van der Waals surface area contributed by atoms with Crippen LogP contribution in [0.1, 0.15) is 11.1 Å². The van der Waals surface area contributed by atoms with Crippen molar-refractivity contribution in [3.63, 3.8) is 0 Å². The predicted molar refractivity (Wildman–Crippen MR) is 70.8 cm³/mol.